The summed E-state index contributed by atoms with van der Waals surface area (Å²) in [6.07, 6.45) is -4.60. The minimum atomic E-state index is -4.60. The fourth-order valence-electron chi connectivity index (χ4n) is 3.41. The zero-order valence-corrected chi connectivity index (χ0v) is 21.0. The zero-order valence-electron chi connectivity index (χ0n) is 20.2. The van der Waals surface area contributed by atoms with Crippen LogP contribution in [0.3, 0.4) is 0 Å². The number of rotatable bonds is 7. The van der Waals surface area contributed by atoms with Gasteiger partial charge >= 0.3 is 6.18 Å². The van der Waals surface area contributed by atoms with E-state index >= 15 is 0 Å². The molecule has 0 saturated carbocycles. The molecule has 8 nitrogen and oxygen atoms in total. The fraction of sp³-hybridized carbons (Fsp3) is 0.240. The van der Waals surface area contributed by atoms with Crippen LogP contribution in [-0.4, -0.2) is 49.5 Å². The van der Waals surface area contributed by atoms with Gasteiger partial charge in [0.15, 0.2) is 9.84 Å². The van der Waals surface area contributed by atoms with Gasteiger partial charge in [-0.3, -0.25) is 19.0 Å². The maximum atomic E-state index is 13.1. The Balaban J connectivity index is 1.78. The van der Waals surface area contributed by atoms with Gasteiger partial charge in [-0.2, -0.15) is 13.2 Å². The van der Waals surface area contributed by atoms with Gasteiger partial charge in [0, 0.05) is 32.0 Å². The lowest BCUT2D eigenvalue weighted by atomic mass is 10.1. The average molecular weight is 536 g/mol. The number of amides is 2. The van der Waals surface area contributed by atoms with Crippen molar-refractivity contribution < 1.29 is 31.2 Å². The summed E-state index contributed by atoms with van der Waals surface area (Å²) < 4.78 is 65.2. The van der Waals surface area contributed by atoms with Crippen LogP contribution in [-0.2, 0) is 27.4 Å². The van der Waals surface area contributed by atoms with Gasteiger partial charge in [-0.1, -0.05) is 18.2 Å². The summed E-state index contributed by atoms with van der Waals surface area (Å²) in [5, 5.41) is 2.55. The molecular weight excluding hydrogens is 511 g/mol. The minimum Gasteiger partial charge on any atom is -0.348 e. The van der Waals surface area contributed by atoms with E-state index in [-0.39, 0.29) is 22.7 Å². The quantitative estimate of drug-likeness (QED) is 0.501. The molecule has 0 fully saturated rings. The summed E-state index contributed by atoms with van der Waals surface area (Å²) in [7, 11) is -0.941. The van der Waals surface area contributed by atoms with Gasteiger partial charge in [0.25, 0.3) is 11.5 Å². The van der Waals surface area contributed by atoms with Crippen LogP contribution in [0.5, 0.6) is 0 Å². The fourth-order valence-corrected chi connectivity index (χ4v) is 4.71. The Labute approximate surface area is 211 Å². The Morgan fingerprint density at radius 3 is 2.24 bits per heavy atom. The summed E-state index contributed by atoms with van der Waals surface area (Å²) in [6.45, 7) is 1.48. The number of aryl methyl sites for hydroxylation is 1. The van der Waals surface area contributed by atoms with Gasteiger partial charge in [-0.25, -0.2) is 8.42 Å². The van der Waals surface area contributed by atoms with Crippen LogP contribution < -0.4 is 10.9 Å². The predicted octanol–water partition coefficient (Wildman–Crippen LogP) is 2.96. The molecule has 0 aliphatic heterocycles. The topological polar surface area (TPSA) is 106 Å². The molecule has 0 aliphatic carbocycles. The molecule has 2 amide bonds. The Morgan fingerprint density at radius 1 is 1.00 bits per heavy atom. The van der Waals surface area contributed by atoms with Crippen molar-refractivity contribution in [1.82, 2.24) is 14.8 Å². The van der Waals surface area contributed by atoms with E-state index in [1.54, 1.807) is 0 Å². The van der Waals surface area contributed by atoms with Crippen LogP contribution in [0.2, 0.25) is 0 Å². The molecule has 0 unspecified atom stereocenters. The molecule has 1 N–H and O–H groups in total. The highest BCUT2D eigenvalue weighted by molar-refractivity contribution is 7.92. The van der Waals surface area contributed by atoms with Gasteiger partial charge in [-0.15, -0.1) is 0 Å². The van der Waals surface area contributed by atoms with Crippen LogP contribution >= 0.6 is 0 Å². The number of nitrogens with one attached hydrogen (secondary N) is 1. The molecule has 0 saturated heterocycles. The normalized spacial score (nSPS) is 11.7. The van der Waals surface area contributed by atoms with Crippen LogP contribution in [0, 0.1) is 6.92 Å². The Kier molecular flexibility index (Phi) is 7.91. The maximum absolute atomic E-state index is 13.1. The van der Waals surface area contributed by atoms with E-state index in [9.17, 15) is 36.0 Å². The molecule has 0 bridgehead atoms. The molecule has 1 heterocycles. The van der Waals surface area contributed by atoms with Gasteiger partial charge in [0.2, 0.25) is 5.91 Å². The number of hydrogen-bond donors (Lipinski definition) is 1. The number of pyridine rings is 1. The van der Waals surface area contributed by atoms with Gasteiger partial charge in [0.05, 0.1) is 10.5 Å². The molecule has 37 heavy (non-hydrogen) atoms. The van der Waals surface area contributed by atoms with E-state index < -0.39 is 44.7 Å². The Bertz CT molecular complexity index is 1500. The molecule has 3 rings (SSSR count). The van der Waals surface area contributed by atoms with E-state index in [0.717, 1.165) is 16.7 Å². The molecule has 0 spiro atoms. The third kappa shape index (κ3) is 6.45. The lowest BCUT2D eigenvalue weighted by molar-refractivity contribution is -0.137. The number of hydrogen-bond acceptors (Lipinski definition) is 5. The molecule has 1 aromatic heterocycles. The van der Waals surface area contributed by atoms with Crippen LogP contribution in [0.15, 0.2) is 70.4 Å². The van der Waals surface area contributed by atoms with E-state index in [1.165, 1.54) is 74.4 Å². The molecule has 0 atom stereocenters. The van der Waals surface area contributed by atoms with Crippen LogP contribution in [0.1, 0.15) is 27.2 Å². The highest BCUT2D eigenvalue weighted by Crippen LogP contribution is 2.30. The van der Waals surface area contributed by atoms with Crippen molar-refractivity contribution in [1.29, 1.82) is 0 Å². The Morgan fingerprint density at radius 2 is 1.65 bits per heavy atom. The molecule has 196 valence electrons. The Hall–Kier alpha value is -3.93. The SMILES string of the molecule is Cc1ccc(C(=O)NCc2ccc(S(=O)(=O)CC(=O)N(C)C)cc2)c(=O)n1-c1cccc(C(F)(F)F)c1. The summed E-state index contributed by atoms with van der Waals surface area (Å²) in [5.74, 6) is -1.99. The van der Waals surface area contributed by atoms with Crippen molar-refractivity contribution in [2.75, 3.05) is 19.8 Å². The molecule has 0 aliphatic rings. The number of carbonyl (C=O) groups excluding carboxylic acids is 2. The number of carbonyl (C=O) groups is 2. The lowest BCUT2D eigenvalue weighted by Gasteiger charge is -2.14. The third-order valence-corrected chi connectivity index (χ3v) is 7.12. The highest BCUT2D eigenvalue weighted by Gasteiger charge is 2.30. The minimum absolute atomic E-state index is 0.0310. The first-order chi connectivity index (χ1) is 17.2. The van der Waals surface area contributed by atoms with Gasteiger partial charge in [0.1, 0.15) is 11.3 Å². The van der Waals surface area contributed by atoms with Gasteiger partial charge < -0.3 is 10.2 Å². The summed E-state index contributed by atoms with van der Waals surface area (Å²) in [4.78, 5) is 38.6. The summed E-state index contributed by atoms with van der Waals surface area (Å²) in [5.41, 5.74) is -1.16. The number of alkyl halides is 3. The standard InChI is InChI=1S/C25H24F3N3O5S/c1-16-7-12-21(24(34)31(16)19-6-4-5-18(13-19)25(26,27)28)23(33)29-14-17-8-10-20(11-9-17)37(35,36)15-22(32)30(2)3/h4-13H,14-15H2,1-3H3,(H,29,33). The van der Waals surface area contributed by atoms with E-state index in [1.807, 2.05) is 0 Å². The zero-order chi connectivity index (χ0) is 27.5. The van der Waals surface area contributed by atoms with Crippen LogP contribution in [0.25, 0.3) is 5.69 Å². The van der Waals surface area contributed by atoms with E-state index in [0.29, 0.717) is 11.3 Å². The summed E-state index contributed by atoms with van der Waals surface area (Å²) >= 11 is 0. The second-order valence-corrected chi connectivity index (χ2v) is 10.4. The van der Waals surface area contributed by atoms with E-state index in [4.69, 9.17) is 0 Å². The highest BCUT2D eigenvalue weighted by atomic mass is 32.2. The first-order valence-electron chi connectivity index (χ1n) is 10.9. The predicted molar refractivity (Wildman–Crippen MR) is 130 cm³/mol. The maximum Gasteiger partial charge on any atom is 0.416 e. The second kappa shape index (κ2) is 10.6. The molecule has 12 heteroatoms. The largest absolute Gasteiger partial charge is 0.416 e. The number of halogens is 3. The monoisotopic (exact) mass is 535 g/mol. The number of nitrogens with zero attached hydrogens (tertiary/aromatic N) is 2. The smallest absolute Gasteiger partial charge is 0.348 e. The van der Waals surface area contributed by atoms with E-state index in [2.05, 4.69) is 5.32 Å². The molecule has 2 aromatic carbocycles. The average Bonchev–Trinajstić information content (AvgIpc) is 2.82. The molecular formula is C25H24F3N3O5S. The molecule has 0 radical (unpaired) electrons. The van der Waals surface area contributed by atoms with Crippen molar-refractivity contribution >= 4 is 21.7 Å². The number of benzene rings is 2. The number of aromatic nitrogens is 1. The van der Waals surface area contributed by atoms with Gasteiger partial charge in [-0.05, 0) is 55.0 Å². The van der Waals surface area contributed by atoms with Crippen molar-refractivity contribution in [2.45, 2.75) is 24.5 Å². The first-order valence-corrected chi connectivity index (χ1v) is 12.6. The molecule has 3 aromatic rings. The van der Waals surface area contributed by atoms with Crippen molar-refractivity contribution in [3.05, 3.63) is 93.4 Å². The first kappa shape index (κ1) is 27.7. The third-order valence-electron chi connectivity index (χ3n) is 5.50. The summed E-state index contributed by atoms with van der Waals surface area (Å²) in [6, 6.07) is 12.5. The van der Waals surface area contributed by atoms with Crippen molar-refractivity contribution in [3.8, 4) is 5.69 Å². The lowest BCUT2D eigenvalue weighted by Crippen LogP contribution is -2.33. The van der Waals surface area contributed by atoms with Crippen molar-refractivity contribution in [3.63, 3.8) is 0 Å². The second-order valence-electron chi connectivity index (χ2n) is 8.45. The number of sulfone groups is 1. The van der Waals surface area contributed by atoms with Crippen molar-refractivity contribution in [2.24, 2.45) is 0 Å². The van der Waals surface area contributed by atoms with Crippen LogP contribution in [0.4, 0.5) is 13.2 Å².